The third kappa shape index (κ3) is 5.64. The number of nitrogens with one attached hydrogen (secondary N) is 1. The van der Waals surface area contributed by atoms with E-state index in [1.54, 1.807) is 43.5 Å². The summed E-state index contributed by atoms with van der Waals surface area (Å²) in [6, 6.07) is 21.3. The topological polar surface area (TPSA) is 95.3 Å². The van der Waals surface area contributed by atoms with Crippen molar-refractivity contribution in [1.29, 1.82) is 0 Å². The Morgan fingerprint density at radius 3 is 2.37 bits per heavy atom. The lowest BCUT2D eigenvalue weighted by Crippen LogP contribution is -2.14. The summed E-state index contributed by atoms with van der Waals surface area (Å²) in [5, 5.41) is 12.7. The molecular formula is C25H21ClN4O4S. The third-order valence-corrected chi connectivity index (χ3v) is 6.17. The number of carbonyl (C=O) groups excluding carboxylic acids is 2. The van der Waals surface area contributed by atoms with Gasteiger partial charge in [-0.1, -0.05) is 35.5 Å². The SMILES string of the molecule is COC(=O)c1ccc(NC(=O)CSc2nnc(-c3ccccc3OC)n2-c2ccc(Cl)cc2)cc1. The van der Waals surface area contributed by atoms with Gasteiger partial charge < -0.3 is 14.8 Å². The molecule has 35 heavy (non-hydrogen) atoms. The van der Waals surface area contributed by atoms with E-state index in [1.807, 2.05) is 41.0 Å². The number of hydrogen-bond acceptors (Lipinski definition) is 7. The Kier molecular flexibility index (Phi) is 7.69. The second-order valence-electron chi connectivity index (χ2n) is 7.22. The van der Waals surface area contributed by atoms with Gasteiger partial charge in [-0.15, -0.1) is 10.2 Å². The van der Waals surface area contributed by atoms with Crippen molar-refractivity contribution in [1.82, 2.24) is 14.8 Å². The molecule has 10 heteroatoms. The van der Waals surface area contributed by atoms with Gasteiger partial charge >= 0.3 is 5.97 Å². The first-order valence-electron chi connectivity index (χ1n) is 10.5. The predicted octanol–water partition coefficient (Wildman–Crippen LogP) is 5.11. The quantitative estimate of drug-likeness (QED) is 0.261. The van der Waals surface area contributed by atoms with Crippen LogP contribution in [0.15, 0.2) is 78.0 Å². The van der Waals surface area contributed by atoms with Gasteiger partial charge in [-0.25, -0.2) is 4.79 Å². The number of methoxy groups -OCH3 is 2. The number of ether oxygens (including phenoxy) is 2. The van der Waals surface area contributed by atoms with E-state index in [2.05, 4.69) is 20.3 Å². The molecule has 0 aliphatic rings. The number of anilines is 1. The Bertz CT molecular complexity index is 1340. The predicted molar refractivity (Wildman–Crippen MR) is 135 cm³/mol. The average Bonchev–Trinajstić information content (AvgIpc) is 3.31. The van der Waals surface area contributed by atoms with Gasteiger partial charge in [0.05, 0.1) is 31.1 Å². The molecule has 0 radical (unpaired) electrons. The Morgan fingerprint density at radius 1 is 0.971 bits per heavy atom. The summed E-state index contributed by atoms with van der Waals surface area (Å²) in [4.78, 5) is 24.2. The molecule has 1 heterocycles. The number of hydrogen-bond donors (Lipinski definition) is 1. The minimum Gasteiger partial charge on any atom is -0.496 e. The van der Waals surface area contributed by atoms with Crippen LogP contribution in [0.4, 0.5) is 5.69 Å². The number of carbonyl (C=O) groups is 2. The first-order chi connectivity index (χ1) is 17.0. The van der Waals surface area contributed by atoms with Crippen molar-refractivity contribution in [3.63, 3.8) is 0 Å². The maximum atomic E-state index is 12.6. The van der Waals surface area contributed by atoms with E-state index in [0.717, 1.165) is 11.3 Å². The lowest BCUT2D eigenvalue weighted by atomic mass is 10.2. The highest BCUT2D eigenvalue weighted by Gasteiger charge is 2.20. The van der Waals surface area contributed by atoms with Gasteiger partial charge in [-0.05, 0) is 60.7 Å². The van der Waals surface area contributed by atoms with Gasteiger partial charge in [0.25, 0.3) is 0 Å². The van der Waals surface area contributed by atoms with Crippen molar-refractivity contribution < 1.29 is 19.1 Å². The average molecular weight is 509 g/mol. The Hall–Kier alpha value is -3.82. The number of rotatable bonds is 8. The minimum absolute atomic E-state index is 0.0937. The van der Waals surface area contributed by atoms with Gasteiger partial charge in [0.15, 0.2) is 11.0 Å². The zero-order valence-electron chi connectivity index (χ0n) is 18.9. The number of thioether (sulfide) groups is 1. The molecule has 0 spiro atoms. The maximum Gasteiger partial charge on any atom is 0.337 e. The molecule has 0 unspecified atom stereocenters. The van der Waals surface area contributed by atoms with Crippen LogP contribution in [0, 0.1) is 0 Å². The summed E-state index contributed by atoms with van der Waals surface area (Å²) in [5.41, 5.74) is 2.53. The lowest BCUT2D eigenvalue weighted by molar-refractivity contribution is -0.113. The summed E-state index contributed by atoms with van der Waals surface area (Å²) in [7, 11) is 2.91. The molecule has 3 aromatic carbocycles. The summed E-state index contributed by atoms with van der Waals surface area (Å²) in [6.45, 7) is 0. The van der Waals surface area contributed by atoms with Crippen LogP contribution in [0.1, 0.15) is 10.4 Å². The fourth-order valence-corrected chi connectivity index (χ4v) is 4.20. The van der Waals surface area contributed by atoms with Gasteiger partial charge in [0, 0.05) is 16.4 Å². The van der Waals surface area contributed by atoms with Crippen molar-refractivity contribution in [2.45, 2.75) is 5.16 Å². The van der Waals surface area contributed by atoms with Crippen LogP contribution in [0.3, 0.4) is 0 Å². The summed E-state index contributed by atoms with van der Waals surface area (Å²) >= 11 is 7.33. The maximum absolute atomic E-state index is 12.6. The highest BCUT2D eigenvalue weighted by molar-refractivity contribution is 7.99. The second kappa shape index (κ2) is 11.1. The Balaban J connectivity index is 1.56. The highest BCUT2D eigenvalue weighted by Crippen LogP contribution is 2.33. The summed E-state index contributed by atoms with van der Waals surface area (Å²) in [6.07, 6.45) is 0. The van der Waals surface area contributed by atoms with Crippen molar-refractivity contribution in [2.24, 2.45) is 0 Å². The van der Waals surface area contributed by atoms with Crippen molar-refractivity contribution in [2.75, 3.05) is 25.3 Å². The van der Waals surface area contributed by atoms with E-state index in [4.69, 9.17) is 16.3 Å². The van der Waals surface area contributed by atoms with E-state index in [9.17, 15) is 9.59 Å². The van der Waals surface area contributed by atoms with E-state index in [0.29, 0.717) is 33.0 Å². The molecule has 0 saturated heterocycles. The van der Waals surface area contributed by atoms with Crippen LogP contribution < -0.4 is 10.1 Å². The molecule has 1 N–H and O–H groups in total. The molecule has 0 aliphatic carbocycles. The molecule has 0 fully saturated rings. The van der Waals surface area contributed by atoms with E-state index < -0.39 is 5.97 Å². The summed E-state index contributed by atoms with van der Waals surface area (Å²) < 4.78 is 12.1. The number of para-hydroxylation sites is 1. The lowest BCUT2D eigenvalue weighted by Gasteiger charge is -2.12. The number of esters is 1. The molecule has 8 nitrogen and oxygen atoms in total. The number of nitrogens with zero attached hydrogens (tertiary/aromatic N) is 3. The van der Waals surface area contributed by atoms with Gasteiger partial charge in [-0.2, -0.15) is 0 Å². The Labute approximate surface area is 211 Å². The van der Waals surface area contributed by atoms with Gasteiger partial charge in [-0.3, -0.25) is 9.36 Å². The summed E-state index contributed by atoms with van der Waals surface area (Å²) in [5.74, 6) is 0.651. The molecular weight excluding hydrogens is 488 g/mol. The number of halogens is 1. The molecule has 0 saturated carbocycles. The Morgan fingerprint density at radius 2 is 1.69 bits per heavy atom. The monoisotopic (exact) mass is 508 g/mol. The first kappa shape index (κ1) is 24.3. The van der Waals surface area contributed by atoms with Crippen molar-refractivity contribution >= 4 is 40.9 Å². The van der Waals surface area contributed by atoms with E-state index >= 15 is 0 Å². The van der Waals surface area contributed by atoms with Crippen LogP contribution >= 0.6 is 23.4 Å². The van der Waals surface area contributed by atoms with Crippen LogP contribution in [0.5, 0.6) is 5.75 Å². The fourth-order valence-electron chi connectivity index (χ4n) is 3.32. The largest absolute Gasteiger partial charge is 0.496 e. The van der Waals surface area contributed by atoms with Crippen LogP contribution in [-0.2, 0) is 9.53 Å². The normalized spacial score (nSPS) is 10.6. The van der Waals surface area contributed by atoms with Gasteiger partial charge in [0.2, 0.25) is 5.91 Å². The van der Waals surface area contributed by atoms with Crippen LogP contribution in [0.2, 0.25) is 5.02 Å². The zero-order valence-corrected chi connectivity index (χ0v) is 20.5. The van der Waals surface area contributed by atoms with Crippen molar-refractivity contribution in [3.8, 4) is 22.8 Å². The van der Waals surface area contributed by atoms with E-state index in [1.165, 1.54) is 18.9 Å². The number of benzene rings is 3. The zero-order chi connectivity index (χ0) is 24.8. The molecule has 0 aliphatic heterocycles. The molecule has 1 amide bonds. The molecule has 1 aromatic heterocycles. The molecule has 178 valence electrons. The van der Waals surface area contributed by atoms with Crippen LogP contribution in [-0.4, -0.2) is 46.6 Å². The van der Waals surface area contributed by atoms with E-state index in [-0.39, 0.29) is 11.7 Å². The van der Waals surface area contributed by atoms with Crippen LogP contribution in [0.25, 0.3) is 17.1 Å². The molecule has 4 aromatic rings. The molecule has 0 bridgehead atoms. The second-order valence-corrected chi connectivity index (χ2v) is 8.60. The standard InChI is InChI=1S/C25H21ClN4O4S/c1-33-21-6-4-3-5-20(21)23-28-29-25(30(23)19-13-9-17(26)10-14-19)35-15-22(31)27-18-11-7-16(8-12-18)24(32)34-2/h3-14H,15H2,1-2H3,(H,27,31). The van der Waals surface area contributed by atoms with Crippen molar-refractivity contribution in [3.05, 3.63) is 83.4 Å². The third-order valence-electron chi connectivity index (χ3n) is 4.99. The minimum atomic E-state index is -0.439. The molecule has 0 atom stereocenters. The molecule has 4 rings (SSSR count). The number of aromatic nitrogens is 3. The van der Waals surface area contributed by atoms with Gasteiger partial charge in [0.1, 0.15) is 5.75 Å². The number of amides is 1. The first-order valence-corrected chi connectivity index (χ1v) is 11.8. The highest BCUT2D eigenvalue weighted by atomic mass is 35.5. The smallest absolute Gasteiger partial charge is 0.337 e. The fraction of sp³-hybridized carbons (Fsp3) is 0.120.